The van der Waals surface area contributed by atoms with Gasteiger partial charge >= 0.3 is 0 Å². The molecule has 2 aliphatic carbocycles. The number of hydrogen-bond acceptors (Lipinski definition) is 8. The number of fused-ring (bicyclic) bond motifs is 1. The second kappa shape index (κ2) is 14.3. The van der Waals surface area contributed by atoms with Crippen molar-refractivity contribution < 1.29 is 9.53 Å². The molecule has 4 aliphatic rings. The van der Waals surface area contributed by atoms with Crippen LogP contribution in [0.4, 0.5) is 5.69 Å². The Balaban J connectivity index is 0.932. The van der Waals surface area contributed by atoms with Crippen LogP contribution < -0.4 is 15.4 Å². The monoisotopic (exact) mass is 685 g/mol. The van der Waals surface area contributed by atoms with E-state index in [1.54, 1.807) is 12.4 Å². The molecule has 266 valence electrons. The summed E-state index contributed by atoms with van der Waals surface area (Å²) >= 11 is 0. The number of carbonyl (C=O) groups is 1. The normalized spacial score (nSPS) is 21.9. The zero-order valence-corrected chi connectivity index (χ0v) is 30.0. The highest BCUT2D eigenvalue weighted by molar-refractivity contribution is 5.82. The molecular formula is C42H51N7O2. The number of aromatic nitrogens is 2. The maximum atomic E-state index is 11.9. The molecule has 51 heavy (non-hydrogen) atoms. The van der Waals surface area contributed by atoms with Crippen LogP contribution in [0.3, 0.4) is 0 Å². The van der Waals surface area contributed by atoms with Crippen LogP contribution in [0.1, 0.15) is 85.8 Å². The number of pyridine rings is 1. The lowest BCUT2D eigenvalue weighted by Crippen LogP contribution is -2.60. The molecule has 1 unspecified atom stereocenters. The van der Waals surface area contributed by atoms with Crippen molar-refractivity contribution in [3.05, 3.63) is 95.5 Å². The Morgan fingerprint density at radius 2 is 1.90 bits per heavy atom. The minimum Gasteiger partial charge on any atom is -0.455 e. The first-order valence-corrected chi connectivity index (χ1v) is 18.9. The van der Waals surface area contributed by atoms with Crippen molar-refractivity contribution in [2.45, 2.75) is 76.4 Å². The number of rotatable bonds is 11. The summed E-state index contributed by atoms with van der Waals surface area (Å²) < 4.78 is 6.23. The number of anilines is 1. The number of benzene rings is 2. The van der Waals surface area contributed by atoms with Gasteiger partial charge in [0.05, 0.1) is 17.8 Å². The van der Waals surface area contributed by atoms with E-state index in [2.05, 4.69) is 68.8 Å². The second-order valence-electron chi connectivity index (χ2n) is 15.6. The summed E-state index contributed by atoms with van der Waals surface area (Å²) in [6, 6.07) is 20.5. The third-order valence-electron chi connectivity index (χ3n) is 11.8. The third-order valence-corrected chi connectivity index (χ3v) is 11.8. The second-order valence-corrected chi connectivity index (χ2v) is 15.6. The highest BCUT2D eigenvalue weighted by Gasteiger charge is 2.50. The smallest absolute Gasteiger partial charge is 0.153 e. The molecule has 0 amide bonds. The number of H-pyrrole nitrogens is 1. The van der Waals surface area contributed by atoms with Crippen molar-refractivity contribution >= 4 is 29.2 Å². The van der Waals surface area contributed by atoms with E-state index >= 15 is 0 Å². The van der Waals surface area contributed by atoms with Crippen molar-refractivity contribution in [3.8, 4) is 11.5 Å². The molecule has 0 radical (unpaired) electrons. The van der Waals surface area contributed by atoms with Gasteiger partial charge in [0.25, 0.3) is 0 Å². The standard InChI is InChI=1S/C42H51N7O2/c1-29(2)37-5-3-4-6-38(37)39-27-47(26-30(23-43)24-45-33-8-9-33)17-18-49(39)35-21-42(22-35)12-15-48(16-13-42)34-10-7-32(28-50)40(20-34)51-36-19-31-11-14-44-41(31)46-25-36/h3-7,10-11,14,19-20,23-25,28-29,33,35,39H,8-9,12-13,15-18,21-22,26-27,43H2,1-2H3,(H,44,46). The van der Waals surface area contributed by atoms with Crippen molar-refractivity contribution in [2.75, 3.05) is 44.2 Å². The predicted molar refractivity (Wildman–Crippen MR) is 205 cm³/mol. The molecular weight excluding hydrogens is 635 g/mol. The maximum Gasteiger partial charge on any atom is 0.153 e. The van der Waals surface area contributed by atoms with Gasteiger partial charge in [0.2, 0.25) is 0 Å². The van der Waals surface area contributed by atoms with Gasteiger partial charge in [-0.2, -0.15) is 0 Å². The Labute approximate surface area is 301 Å². The molecule has 2 aliphatic heterocycles. The van der Waals surface area contributed by atoms with Crippen LogP contribution >= 0.6 is 0 Å². The number of carbonyl (C=O) groups excluding carboxylic acids is 1. The lowest BCUT2D eigenvalue weighted by molar-refractivity contribution is -0.0603. The fraction of sp³-hybridized carbons (Fsp3) is 0.452. The average Bonchev–Trinajstić information content (AvgIpc) is 3.86. The lowest BCUT2D eigenvalue weighted by atomic mass is 9.59. The molecule has 8 rings (SSSR count). The SMILES string of the molecule is CC(C)c1ccccc1C1CN(CC(C=NC2CC2)=CN)CCN1C1CC2(CCN(c3ccc(C=O)c(Oc4cnc5[nH]ccc5c4)c3)CC2)C1. The molecule has 9 heteroatoms. The summed E-state index contributed by atoms with van der Waals surface area (Å²) in [6.07, 6.45) is 15.5. The maximum absolute atomic E-state index is 11.9. The van der Waals surface area contributed by atoms with Gasteiger partial charge in [0.15, 0.2) is 6.29 Å². The van der Waals surface area contributed by atoms with Crippen molar-refractivity contribution in [2.24, 2.45) is 16.1 Å². The van der Waals surface area contributed by atoms with Gasteiger partial charge in [-0.3, -0.25) is 19.6 Å². The van der Waals surface area contributed by atoms with Gasteiger partial charge in [0.1, 0.15) is 17.1 Å². The first-order chi connectivity index (χ1) is 24.9. The molecule has 9 nitrogen and oxygen atoms in total. The number of aromatic amines is 1. The number of nitrogens with one attached hydrogen (secondary N) is 1. The van der Waals surface area contributed by atoms with Crippen molar-refractivity contribution in [1.82, 2.24) is 19.8 Å². The number of aldehydes is 1. The van der Waals surface area contributed by atoms with Crippen LogP contribution in [0.2, 0.25) is 0 Å². The number of ether oxygens (including phenoxy) is 1. The van der Waals surface area contributed by atoms with E-state index in [4.69, 9.17) is 15.5 Å². The molecule has 4 aromatic rings. The average molecular weight is 686 g/mol. The zero-order chi connectivity index (χ0) is 35.0. The Hall–Kier alpha value is -4.47. The van der Waals surface area contributed by atoms with E-state index < -0.39 is 0 Å². The third kappa shape index (κ3) is 7.19. The predicted octanol–water partition coefficient (Wildman–Crippen LogP) is 7.47. The van der Waals surface area contributed by atoms with Crippen LogP contribution in [-0.2, 0) is 0 Å². The number of piperazine rings is 1. The minimum atomic E-state index is 0.363. The van der Waals surface area contributed by atoms with Crippen LogP contribution in [0.5, 0.6) is 11.5 Å². The summed E-state index contributed by atoms with van der Waals surface area (Å²) in [5, 5.41) is 0.973. The molecule has 4 heterocycles. The minimum absolute atomic E-state index is 0.363. The summed E-state index contributed by atoms with van der Waals surface area (Å²) in [7, 11) is 0. The summed E-state index contributed by atoms with van der Waals surface area (Å²) in [6.45, 7) is 10.6. The molecule has 3 N–H and O–H groups in total. The highest BCUT2D eigenvalue weighted by atomic mass is 16.5. The Morgan fingerprint density at radius 1 is 1.08 bits per heavy atom. The Kier molecular flexibility index (Phi) is 9.42. The Morgan fingerprint density at radius 3 is 2.67 bits per heavy atom. The van der Waals surface area contributed by atoms with E-state index in [1.807, 2.05) is 36.7 Å². The molecule has 2 saturated heterocycles. The van der Waals surface area contributed by atoms with E-state index in [0.29, 0.717) is 46.5 Å². The van der Waals surface area contributed by atoms with Crippen LogP contribution in [0.25, 0.3) is 11.0 Å². The molecule has 0 bridgehead atoms. The van der Waals surface area contributed by atoms with Gasteiger partial charge in [0, 0.05) is 80.9 Å². The van der Waals surface area contributed by atoms with Crippen LogP contribution in [0.15, 0.2) is 83.8 Å². The van der Waals surface area contributed by atoms with E-state index in [0.717, 1.165) is 67.8 Å². The van der Waals surface area contributed by atoms with E-state index in [-0.39, 0.29) is 0 Å². The number of nitrogens with zero attached hydrogens (tertiary/aromatic N) is 5. The van der Waals surface area contributed by atoms with E-state index in [1.165, 1.54) is 49.7 Å². The number of hydrogen-bond donors (Lipinski definition) is 2. The highest BCUT2D eigenvalue weighted by Crippen LogP contribution is 2.53. The van der Waals surface area contributed by atoms with E-state index in [9.17, 15) is 4.79 Å². The number of aliphatic imine (C=N–C) groups is 1. The fourth-order valence-corrected chi connectivity index (χ4v) is 8.70. The van der Waals surface area contributed by atoms with Gasteiger partial charge in [-0.15, -0.1) is 0 Å². The van der Waals surface area contributed by atoms with Crippen molar-refractivity contribution in [3.63, 3.8) is 0 Å². The fourth-order valence-electron chi connectivity index (χ4n) is 8.70. The van der Waals surface area contributed by atoms with Gasteiger partial charge in [-0.25, -0.2) is 4.98 Å². The molecule has 2 saturated carbocycles. The first-order valence-electron chi connectivity index (χ1n) is 18.9. The zero-order valence-electron chi connectivity index (χ0n) is 30.0. The first kappa shape index (κ1) is 33.7. The molecule has 4 fully saturated rings. The quantitative estimate of drug-likeness (QED) is 0.125. The molecule has 2 aromatic heterocycles. The van der Waals surface area contributed by atoms with Crippen molar-refractivity contribution in [1.29, 1.82) is 0 Å². The van der Waals surface area contributed by atoms with Gasteiger partial charge < -0.3 is 20.4 Å². The van der Waals surface area contributed by atoms with Crippen LogP contribution in [-0.4, -0.2) is 83.6 Å². The summed E-state index contributed by atoms with van der Waals surface area (Å²) in [4.78, 5) is 32.1. The van der Waals surface area contributed by atoms with Gasteiger partial charge in [-0.1, -0.05) is 38.1 Å². The summed E-state index contributed by atoms with van der Waals surface area (Å²) in [5.74, 6) is 1.67. The molecule has 1 spiro atoms. The topological polar surface area (TPSA) is 103 Å². The largest absolute Gasteiger partial charge is 0.455 e. The van der Waals surface area contributed by atoms with Gasteiger partial charge in [-0.05, 0) is 97.0 Å². The molecule has 1 atom stereocenters. The number of piperidine rings is 1. The summed E-state index contributed by atoms with van der Waals surface area (Å²) in [5.41, 5.74) is 13.0. The molecule has 2 aromatic carbocycles. The lowest BCUT2D eigenvalue weighted by Gasteiger charge is -2.58. The van der Waals surface area contributed by atoms with Crippen LogP contribution in [0, 0.1) is 5.41 Å². The Bertz CT molecular complexity index is 1910. The number of nitrogens with two attached hydrogens (primary N) is 1.